The summed E-state index contributed by atoms with van der Waals surface area (Å²) in [5.74, 6) is -5.47. The van der Waals surface area contributed by atoms with Gasteiger partial charge in [-0.3, -0.25) is 4.98 Å². The van der Waals surface area contributed by atoms with Gasteiger partial charge in [0.25, 0.3) is 0 Å². The lowest BCUT2D eigenvalue weighted by Gasteiger charge is -2.20. The fraction of sp³-hybridized carbons (Fsp3) is 0.227. The van der Waals surface area contributed by atoms with Crippen molar-refractivity contribution in [3.63, 3.8) is 0 Å². The smallest absolute Gasteiger partial charge is 0.259 e. The van der Waals surface area contributed by atoms with Crippen LogP contribution in [0, 0.1) is 5.82 Å². The van der Waals surface area contributed by atoms with Crippen LogP contribution in [0.2, 0.25) is 5.02 Å². The van der Waals surface area contributed by atoms with Gasteiger partial charge in [-0.15, -0.1) is 0 Å². The maximum Gasteiger partial charge on any atom is 0.311 e. The van der Waals surface area contributed by atoms with E-state index in [0.29, 0.717) is 22.7 Å². The van der Waals surface area contributed by atoms with Gasteiger partial charge >= 0.3 is 12.3 Å². The maximum absolute atomic E-state index is 14.2. The summed E-state index contributed by atoms with van der Waals surface area (Å²) in [6, 6.07) is 16.0. The summed E-state index contributed by atoms with van der Waals surface area (Å²) in [7, 11) is 0. The normalized spacial score (nSPS) is 12.9. The van der Waals surface area contributed by atoms with E-state index in [1.54, 1.807) is 12.1 Å². The first-order valence-electron chi connectivity index (χ1n) is 8.85. The predicted octanol–water partition coefficient (Wildman–Crippen LogP) is 6.69. The monoisotopic (exact) mass is 425 g/mol. The molecule has 0 amide bonds. The number of alkyl halides is 4. The molecule has 0 saturated heterocycles. The van der Waals surface area contributed by atoms with Crippen LogP contribution in [-0.4, -0.2) is 17.3 Å². The molecule has 0 saturated carbocycles. The highest BCUT2D eigenvalue weighted by molar-refractivity contribution is 6.30. The van der Waals surface area contributed by atoms with E-state index in [-0.39, 0.29) is 5.56 Å². The minimum absolute atomic E-state index is 0.197. The third-order valence-corrected chi connectivity index (χ3v) is 4.75. The molecule has 0 aliphatic carbocycles. The summed E-state index contributed by atoms with van der Waals surface area (Å²) >= 11 is 5.90. The van der Waals surface area contributed by atoms with E-state index < -0.39 is 30.5 Å². The van der Waals surface area contributed by atoms with Crippen LogP contribution in [0.1, 0.15) is 28.3 Å². The number of hydrogen-bond acceptors (Lipinski definition) is 1. The van der Waals surface area contributed by atoms with Crippen LogP contribution in [0.3, 0.4) is 0 Å². The molecule has 1 aromatic heterocycles. The molecule has 1 nitrogen and oxygen atoms in total. The molecule has 0 aliphatic heterocycles. The van der Waals surface area contributed by atoms with E-state index in [1.807, 2.05) is 30.3 Å². The second-order valence-corrected chi connectivity index (χ2v) is 7.21. The molecular weight excluding hydrogens is 409 g/mol. The lowest BCUT2D eigenvalue weighted by Crippen LogP contribution is -2.29. The summed E-state index contributed by atoms with van der Waals surface area (Å²) in [6.45, 7) is 0. The lowest BCUT2D eigenvalue weighted by atomic mass is 9.87. The van der Waals surface area contributed by atoms with Crippen LogP contribution in [0.5, 0.6) is 0 Å². The van der Waals surface area contributed by atoms with Crippen molar-refractivity contribution in [1.29, 1.82) is 0 Å². The average Bonchev–Trinajstić information content (AvgIpc) is 2.67. The van der Waals surface area contributed by atoms with Crippen LogP contribution in [0.4, 0.5) is 22.0 Å². The number of hydrogen-bond donors (Lipinski definition) is 0. The van der Waals surface area contributed by atoms with Gasteiger partial charge in [0.2, 0.25) is 0 Å². The zero-order chi connectivity index (χ0) is 21.0. The SMILES string of the molecule is Fc1cc(CC(F)(F)C(F)F)cc(C(Cc2ccccc2)c2ccc(Cl)cn2)c1. The molecule has 0 fully saturated rings. The Kier molecular flexibility index (Phi) is 6.52. The van der Waals surface area contributed by atoms with Gasteiger partial charge in [-0.25, -0.2) is 13.2 Å². The molecule has 0 aliphatic rings. The van der Waals surface area contributed by atoms with Crippen molar-refractivity contribution < 1.29 is 22.0 Å². The molecule has 152 valence electrons. The molecule has 3 aromatic rings. The van der Waals surface area contributed by atoms with Crippen molar-refractivity contribution in [2.45, 2.75) is 31.1 Å². The van der Waals surface area contributed by atoms with E-state index in [9.17, 15) is 22.0 Å². The molecule has 1 unspecified atom stereocenters. The summed E-state index contributed by atoms with van der Waals surface area (Å²) in [6.07, 6.45) is -3.21. The molecular formula is C22H17ClF5N. The van der Waals surface area contributed by atoms with Crippen molar-refractivity contribution in [1.82, 2.24) is 4.98 Å². The quantitative estimate of drug-likeness (QED) is 0.384. The topological polar surface area (TPSA) is 12.9 Å². The fourth-order valence-electron chi connectivity index (χ4n) is 3.16. The summed E-state index contributed by atoms with van der Waals surface area (Å²) in [4.78, 5) is 4.29. The molecule has 0 bridgehead atoms. The molecule has 2 aromatic carbocycles. The predicted molar refractivity (Wildman–Crippen MR) is 102 cm³/mol. The average molecular weight is 426 g/mol. The fourth-order valence-corrected chi connectivity index (χ4v) is 3.28. The van der Waals surface area contributed by atoms with Gasteiger partial charge in [0.1, 0.15) is 5.82 Å². The van der Waals surface area contributed by atoms with E-state index in [4.69, 9.17) is 11.6 Å². The van der Waals surface area contributed by atoms with Crippen molar-refractivity contribution in [2.75, 3.05) is 0 Å². The van der Waals surface area contributed by atoms with Gasteiger partial charge in [0.05, 0.1) is 5.02 Å². The number of benzene rings is 2. The number of aromatic nitrogens is 1. The summed E-state index contributed by atoms with van der Waals surface area (Å²) < 4.78 is 66.4. The van der Waals surface area contributed by atoms with Crippen molar-refractivity contribution >= 4 is 11.6 Å². The zero-order valence-corrected chi connectivity index (χ0v) is 15.9. The Labute approximate surface area is 170 Å². The zero-order valence-electron chi connectivity index (χ0n) is 15.1. The van der Waals surface area contributed by atoms with E-state index >= 15 is 0 Å². The first-order valence-corrected chi connectivity index (χ1v) is 9.23. The first-order chi connectivity index (χ1) is 13.7. The van der Waals surface area contributed by atoms with E-state index in [0.717, 1.165) is 11.6 Å². The van der Waals surface area contributed by atoms with Gasteiger partial charge < -0.3 is 0 Å². The third-order valence-electron chi connectivity index (χ3n) is 4.53. The Hall–Kier alpha value is -2.47. The Morgan fingerprint density at radius 1 is 0.931 bits per heavy atom. The molecule has 1 heterocycles. The highest BCUT2D eigenvalue weighted by atomic mass is 35.5. The molecule has 0 N–H and O–H groups in total. The van der Waals surface area contributed by atoms with Gasteiger partial charge in [-0.2, -0.15) is 8.78 Å². The van der Waals surface area contributed by atoms with Crippen LogP contribution in [0.25, 0.3) is 0 Å². The molecule has 1 atom stereocenters. The number of rotatable bonds is 7. The van der Waals surface area contributed by atoms with Crippen LogP contribution in [-0.2, 0) is 12.8 Å². The van der Waals surface area contributed by atoms with Gasteiger partial charge in [-0.05, 0) is 47.4 Å². The van der Waals surface area contributed by atoms with Crippen LogP contribution >= 0.6 is 11.6 Å². The first kappa shape index (κ1) is 21.2. The Morgan fingerprint density at radius 2 is 1.66 bits per heavy atom. The number of nitrogens with zero attached hydrogens (tertiary/aromatic N) is 1. The molecule has 7 heteroatoms. The summed E-state index contributed by atoms with van der Waals surface area (Å²) in [5, 5.41) is 0.420. The minimum atomic E-state index is -4.24. The van der Waals surface area contributed by atoms with Crippen molar-refractivity contribution in [3.05, 3.63) is 100 Å². The highest BCUT2D eigenvalue weighted by Gasteiger charge is 2.40. The van der Waals surface area contributed by atoms with Crippen LogP contribution < -0.4 is 0 Å². The highest BCUT2D eigenvalue weighted by Crippen LogP contribution is 2.32. The molecule has 29 heavy (non-hydrogen) atoms. The van der Waals surface area contributed by atoms with E-state index in [2.05, 4.69) is 4.98 Å². The van der Waals surface area contributed by atoms with Crippen molar-refractivity contribution in [2.24, 2.45) is 0 Å². The Balaban J connectivity index is 2.01. The van der Waals surface area contributed by atoms with Gasteiger partial charge in [-0.1, -0.05) is 48.0 Å². The second kappa shape index (κ2) is 8.91. The van der Waals surface area contributed by atoms with Crippen LogP contribution in [0.15, 0.2) is 66.9 Å². The largest absolute Gasteiger partial charge is 0.311 e. The third kappa shape index (κ3) is 5.54. The molecule has 3 rings (SSSR count). The second-order valence-electron chi connectivity index (χ2n) is 6.77. The number of halogens is 6. The van der Waals surface area contributed by atoms with Gasteiger partial charge in [0.15, 0.2) is 0 Å². The van der Waals surface area contributed by atoms with Gasteiger partial charge in [0, 0.05) is 24.2 Å². The standard InChI is InChI=1S/C22H17ClF5N/c23-17-6-7-20(29-13-17)19(10-14-4-2-1-3-5-14)16-8-15(9-18(24)11-16)12-22(27,28)21(25)26/h1-9,11,13,19,21H,10,12H2. The Bertz CT molecular complexity index is 945. The number of pyridine rings is 1. The summed E-state index contributed by atoms with van der Waals surface area (Å²) in [5.41, 5.74) is 1.68. The lowest BCUT2D eigenvalue weighted by molar-refractivity contribution is -0.127. The minimum Gasteiger partial charge on any atom is -0.259 e. The Morgan fingerprint density at radius 3 is 2.28 bits per heavy atom. The maximum atomic E-state index is 14.2. The van der Waals surface area contributed by atoms with Crippen molar-refractivity contribution in [3.8, 4) is 0 Å². The molecule has 0 radical (unpaired) electrons. The molecule has 0 spiro atoms. The van der Waals surface area contributed by atoms with E-state index in [1.165, 1.54) is 18.3 Å².